The zero-order chi connectivity index (χ0) is 20.6. The first kappa shape index (κ1) is 19.9. The van der Waals surface area contributed by atoms with Gasteiger partial charge in [0.25, 0.3) is 0 Å². The van der Waals surface area contributed by atoms with Gasteiger partial charge in [-0.1, -0.05) is 24.3 Å². The van der Waals surface area contributed by atoms with E-state index in [0.29, 0.717) is 22.1 Å². The Labute approximate surface area is 169 Å². The van der Waals surface area contributed by atoms with Gasteiger partial charge in [0.15, 0.2) is 0 Å². The Bertz CT molecular complexity index is 1070. The molecule has 3 heterocycles. The van der Waals surface area contributed by atoms with Crippen molar-refractivity contribution in [1.29, 1.82) is 0 Å². The van der Waals surface area contributed by atoms with Crippen molar-refractivity contribution < 1.29 is 21.6 Å². The summed E-state index contributed by atoms with van der Waals surface area (Å²) in [7, 11) is -5.48. The molecule has 0 aliphatic carbocycles. The lowest BCUT2D eigenvalue weighted by atomic mass is 10.1. The molecule has 1 aromatic carbocycles. The second-order valence-corrected chi connectivity index (χ2v) is 9.52. The van der Waals surface area contributed by atoms with Crippen LogP contribution in [0, 0.1) is 0 Å². The molecule has 0 unspecified atom stereocenters. The number of halogens is 3. The summed E-state index contributed by atoms with van der Waals surface area (Å²) in [6.07, 6.45) is 3.17. The van der Waals surface area contributed by atoms with Crippen molar-refractivity contribution in [2.24, 2.45) is 0 Å². The molecule has 0 radical (unpaired) electrons. The minimum absolute atomic E-state index is 0.314. The number of alkyl halides is 3. The van der Waals surface area contributed by atoms with Crippen LogP contribution in [0.3, 0.4) is 0 Å². The number of fused-ring (bicyclic) bond motifs is 1. The van der Waals surface area contributed by atoms with Gasteiger partial charge in [-0.3, -0.25) is 0 Å². The number of anilines is 1. The van der Waals surface area contributed by atoms with E-state index < -0.39 is 21.6 Å². The number of aromatic nitrogens is 2. The number of aromatic amines is 1. The van der Waals surface area contributed by atoms with Crippen LogP contribution in [0.1, 0.15) is 22.2 Å². The molecule has 0 spiro atoms. The largest absolute Gasteiger partial charge is 0.511 e. The summed E-state index contributed by atoms with van der Waals surface area (Å²) in [6.45, 7) is -0.315. The second-order valence-electron chi connectivity index (χ2n) is 6.61. The molecule has 1 aliphatic heterocycles. The van der Waals surface area contributed by atoms with Gasteiger partial charge in [-0.25, -0.2) is 13.4 Å². The molecule has 4 rings (SSSR count). The third-order valence-corrected chi connectivity index (χ3v) is 7.32. The van der Waals surface area contributed by atoms with Crippen molar-refractivity contribution in [3.63, 3.8) is 0 Å². The molecule has 2 aromatic heterocycles. The summed E-state index contributed by atoms with van der Waals surface area (Å²) >= 11 is 1.38. The van der Waals surface area contributed by atoms with Gasteiger partial charge in [0, 0.05) is 29.9 Å². The van der Waals surface area contributed by atoms with Crippen LogP contribution in [0.15, 0.2) is 54.3 Å². The fourth-order valence-corrected chi connectivity index (χ4v) is 5.21. The molecule has 1 N–H and O–H groups in total. The van der Waals surface area contributed by atoms with Crippen LogP contribution < -0.4 is 4.90 Å². The van der Waals surface area contributed by atoms with Crippen LogP contribution in [0.5, 0.6) is 0 Å². The quantitative estimate of drug-likeness (QED) is 0.666. The molecule has 0 saturated heterocycles. The molecule has 3 aromatic rings. The maximum absolute atomic E-state index is 13.3. The van der Waals surface area contributed by atoms with E-state index in [9.17, 15) is 21.6 Å². The van der Waals surface area contributed by atoms with E-state index in [1.807, 2.05) is 16.3 Å². The van der Waals surface area contributed by atoms with Crippen molar-refractivity contribution in [2.75, 3.05) is 11.4 Å². The zero-order valence-corrected chi connectivity index (χ0v) is 16.6. The molecule has 154 valence electrons. The summed E-state index contributed by atoms with van der Waals surface area (Å²) in [5.41, 5.74) is -3.38. The summed E-state index contributed by atoms with van der Waals surface area (Å²) in [6, 6.07) is 9.96. The molecular weight excluding hydrogens is 425 g/mol. The van der Waals surface area contributed by atoms with Crippen molar-refractivity contribution in [3.8, 4) is 0 Å². The molecule has 0 fully saturated rings. The molecule has 11 heteroatoms. The smallest absolute Gasteiger partial charge is 0.356 e. The number of nitrogens with one attached hydrogen (secondary N) is 1. The number of thiophene rings is 1. The first-order valence-corrected chi connectivity index (χ1v) is 11.0. The lowest BCUT2D eigenvalue weighted by Gasteiger charge is -2.33. The highest BCUT2D eigenvalue weighted by atomic mass is 32.2. The SMILES string of the molecule is O=S(=O)(N1Cc2ccccc2N(Cc2cnc[nH]2)[C@H](c2cccs2)C1)C(F)(F)F. The fraction of sp³-hybridized carbons (Fsp3) is 0.278. The normalized spacial score (nSPS) is 18.4. The number of H-pyrrole nitrogens is 1. The first-order valence-electron chi connectivity index (χ1n) is 8.69. The molecule has 0 bridgehead atoms. The Morgan fingerprint density at radius 3 is 2.66 bits per heavy atom. The molecule has 0 amide bonds. The van der Waals surface area contributed by atoms with E-state index in [1.54, 1.807) is 36.5 Å². The number of hydrogen-bond donors (Lipinski definition) is 1. The van der Waals surface area contributed by atoms with E-state index in [0.717, 1.165) is 10.6 Å². The number of nitrogens with zero attached hydrogens (tertiary/aromatic N) is 3. The van der Waals surface area contributed by atoms with E-state index >= 15 is 0 Å². The lowest BCUT2D eigenvalue weighted by molar-refractivity contribution is -0.0492. The van der Waals surface area contributed by atoms with E-state index in [-0.39, 0.29) is 13.1 Å². The highest BCUT2D eigenvalue weighted by Crippen LogP contribution is 2.40. The Morgan fingerprint density at radius 1 is 1.21 bits per heavy atom. The summed E-state index contributed by atoms with van der Waals surface area (Å²) in [5.74, 6) is 0. The molecule has 1 aliphatic rings. The predicted octanol–water partition coefficient (Wildman–Crippen LogP) is 3.88. The topological polar surface area (TPSA) is 69.3 Å². The number of imidazole rings is 1. The van der Waals surface area contributed by atoms with Crippen molar-refractivity contribution >= 4 is 27.0 Å². The van der Waals surface area contributed by atoms with Crippen LogP contribution in [0.25, 0.3) is 0 Å². The van der Waals surface area contributed by atoms with Gasteiger partial charge in [0.2, 0.25) is 0 Å². The third-order valence-electron chi connectivity index (χ3n) is 4.80. The summed E-state index contributed by atoms with van der Waals surface area (Å²) in [5, 5.41) is 1.82. The third kappa shape index (κ3) is 3.77. The Balaban J connectivity index is 1.85. The predicted molar refractivity (Wildman–Crippen MR) is 104 cm³/mol. The maximum Gasteiger partial charge on any atom is 0.511 e. The molecule has 6 nitrogen and oxygen atoms in total. The Morgan fingerprint density at radius 2 is 2.00 bits per heavy atom. The standard InChI is InChI=1S/C18H17F3N4O2S2/c19-18(20,21)29(26,27)24-9-13-4-1-2-5-15(13)25(10-14-8-22-12-23-14)16(11-24)17-6-3-7-28-17/h1-8,12,16H,9-11H2,(H,22,23)/t16-/m0/s1. The molecular formula is C18H17F3N4O2S2. The number of sulfonamides is 1. The number of para-hydroxylation sites is 1. The number of hydrogen-bond acceptors (Lipinski definition) is 5. The Kier molecular flexibility index (Phi) is 5.13. The summed E-state index contributed by atoms with van der Waals surface area (Å²) < 4.78 is 65.1. The van der Waals surface area contributed by atoms with E-state index in [1.165, 1.54) is 17.7 Å². The minimum atomic E-state index is -5.48. The van der Waals surface area contributed by atoms with Crippen molar-refractivity contribution in [3.05, 3.63) is 70.4 Å². The Hall–Kier alpha value is -2.37. The van der Waals surface area contributed by atoms with Crippen LogP contribution >= 0.6 is 11.3 Å². The van der Waals surface area contributed by atoms with Gasteiger partial charge in [-0.15, -0.1) is 11.3 Å². The van der Waals surface area contributed by atoms with Crippen LogP contribution in [-0.2, 0) is 23.1 Å². The molecule has 1 atom stereocenters. The van der Waals surface area contributed by atoms with Gasteiger partial charge in [-0.2, -0.15) is 17.5 Å². The maximum atomic E-state index is 13.3. The monoisotopic (exact) mass is 442 g/mol. The van der Waals surface area contributed by atoms with Gasteiger partial charge in [0.05, 0.1) is 24.6 Å². The van der Waals surface area contributed by atoms with E-state index in [4.69, 9.17) is 0 Å². The van der Waals surface area contributed by atoms with Crippen LogP contribution in [0.4, 0.5) is 18.9 Å². The highest BCUT2D eigenvalue weighted by molar-refractivity contribution is 7.89. The van der Waals surface area contributed by atoms with E-state index in [2.05, 4.69) is 9.97 Å². The molecule has 0 saturated carbocycles. The zero-order valence-electron chi connectivity index (χ0n) is 15.0. The van der Waals surface area contributed by atoms with Crippen molar-refractivity contribution in [2.45, 2.75) is 24.6 Å². The van der Waals surface area contributed by atoms with Crippen LogP contribution in [0.2, 0.25) is 0 Å². The van der Waals surface area contributed by atoms with Crippen molar-refractivity contribution in [1.82, 2.24) is 14.3 Å². The molecule has 29 heavy (non-hydrogen) atoms. The highest BCUT2D eigenvalue weighted by Gasteiger charge is 2.51. The van der Waals surface area contributed by atoms with Gasteiger partial charge >= 0.3 is 15.5 Å². The summed E-state index contributed by atoms with van der Waals surface area (Å²) in [4.78, 5) is 9.72. The first-order chi connectivity index (χ1) is 13.8. The fourth-order valence-electron chi connectivity index (χ4n) is 3.44. The minimum Gasteiger partial charge on any atom is -0.356 e. The average Bonchev–Trinajstić information content (AvgIpc) is 3.34. The van der Waals surface area contributed by atoms with Gasteiger partial charge < -0.3 is 9.88 Å². The lowest BCUT2D eigenvalue weighted by Crippen LogP contribution is -2.43. The van der Waals surface area contributed by atoms with Gasteiger partial charge in [-0.05, 0) is 23.1 Å². The number of rotatable bonds is 4. The average molecular weight is 442 g/mol. The second kappa shape index (κ2) is 7.47. The number of benzene rings is 1. The van der Waals surface area contributed by atoms with Crippen LogP contribution in [-0.4, -0.2) is 34.7 Å². The van der Waals surface area contributed by atoms with Gasteiger partial charge in [0.1, 0.15) is 0 Å².